The normalized spacial score (nSPS) is 14.9. The molecule has 25 heavy (non-hydrogen) atoms. The molecule has 0 saturated heterocycles. The lowest BCUT2D eigenvalue weighted by molar-refractivity contribution is -0.117. The Bertz CT molecular complexity index is 812. The first-order valence-electron chi connectivity index (χ1n) is 7.27. The molecule has 1 aliphatic rings. The van der Waals surface area contributed by atoms with Gasteiger partial charge in [-0.3, -0.25) is 9.59 Å². The molecule has 6 nitrogen and oxygen atoms in total. The van der Waals surface area contributed by atoms with E-state index in [0.29, 0.717) is 33.6 Å². The molecular weight excluding hydrogens is 364 g/mol. The number of terminal acetylenes is 1. The van der Waals surface area contributed by atoms with Gasteiger partial charge in [-0.05, 0) is 42.5 Å². The molecule has 0 fully saturated rings. The minimum Gasteiger partial charge on any atom is -0.490 e. The summed E-state index contributed by atoms with van der Waals surface area (Å²) in [7, 11) is 0. The Morgan fingerprint density at radius 3 is 2.88 bits per heavy atom. The highest BCUT2D eigenvalue weighted by molar-refractivity contribution is 8.18. The first kappa shape index (κ1) is 18.9. The van der Waals surface area contributed by atoms with E-state index in [1.165, 1.54) is 6.92 Å². The van der Waals surface area contributed by atoms with Crippen LogP contribution in [-0.2, 0) is 9.59 Å². The van der Waals surface area contributed by atoms with Gasteiger partial charge in [0.25, 0.3) is 5.91 Å². The molecule has 1 aromatic rings. The van der Waals surface area contributed by atoms with E-state index < -0.39 is 5.91 Å². The number of aliphatic imine (C=N–C) groups is 1. The fraction of sp³-hybridized carbons (Fsp3) is 0.235. The van der Waals surface area contributed by atoms with Gasteiger partial charge in [-0.15, -0.1) is 6.42 Å². The molecule has 0 aromatic heterocycles. The highest BCUT2D eigenvalue weighted by Crippen LogP contribution is 2.38. The fourth-order valence-corrected chi connectivity index (χ4v) is 3.09. The number of carbonyl (C=O) groups excluding carboxylic acids is 2. The molecular formula is C17H15ClN2O4S. The van der Waals surface area contributed by atoms with Crippen molar-refractivity contribution in [2.75, 3.05) is 13.2 Å². The number of nitrogens with zero attached hydrogens (tertiary/aromatic N) is 1. The number of ether oxygens (including phenoxy) is 2. The van der Waals surface area contributed by atoms with E-state index in [2.05, 4.69) is 16.2 Å². The highest BCUT2D eigenvalue weighted by atomic mass is 35.5. The highest BCUT2D eigenvalue weighted by Gasteiger charge is 2.23. The molecule has 0 bridgehead atoms. The number of nitrogens with one attached hydrogen (secondary N) is 1. The van der Waals surface area contributed by atoms with Crippen LogP contribution in [0.5, 0.6) is 11.5 Å². The molecule has 130 valence electrons. The SMILES string of the molecule is C#CCOc1c(Cl)cc(/C=C2/SC(NC(C)=O)=NC2=O)cc1OCC. The largest absolute Gasteiger partial charge is 0.490 e. The van der Waals surface area contributed by atoms with Crippen molar-refractivity contribution in [3.8, 4) is 23.8 Å². The molecule has 0 aliphatic carbocycles. The Morgan fingerprint density at radius 2 is 2.24 bits per heavy atom. The summed E-state index contributed by atoms with van der Waals surface area (Å²) in [5.74, 6) is 2.41. The van der Waals surface area contributed by atoms with Crippen LogP contribution in [0.4, 0.5) is 0 Å². The summed E-state index contributed by atoms with van der Waals surface area (Å²) < 4.78 is 11.0. The van der Waals surface area contributed by atoms with Crippen molar-refractivity contribution in [2.24, 2.45) is 4.99 Å². The number of amidine groups is 1. The zero-order chi connectivity index (χ0) is 18.4. The van der Waals surface area contributed by atoms with E-state index >= 15 is 0 Å². The molecule has 0 radical (unpaired) electrons. The van der Waals surface area contributed by atoms with E-state index in [9.17, 15) is 9.59 Å². The van der Waals surface area contributed by atoms with Crippen LogP contribution in [0.15, 0.2) is 22.0 Å². The summed E-state index contributed by atoms with van der Waals surface area (Å²) in [6, 6.07) is 3.33. The summed E-state index contributed by atoms with van der Waals surface area (Å²) in [4.78, 5) is 27.1. The fourth-order valence-electron chi connectivity index (χ4n) is 1.95. The number of hydrogen-bond donors (Lipinski definition) is 1. The lowest BCUT2D eigenvalue weighted by Crippen LogP contribution is -2.23. The third kappa shape index (κ3) is 5.02. The first-order valence-corrected chi connectivity index (χ1v) is 8.46. The number of thioether (sulfide) groups is 1. The van der Waals surface area contributed by atoms with Gasteiger partial charge in [0.15, 0.2) is 16.7 Å². The average Bonchev–Trinajstić information content (AvgIpc) is 2.85. The van der Waals surface area contributed by atoms with E-state index in [4.69, 9.17) is 27.5 Å². The zero-order valence-corrected chi connectivity index (χ0v) is 15.2. The van der Waals surface area contributed by atoms with Crippen molar-refractivity contribution in [1.29, 1.82) is 0 Å². The molecule has 0 atom stereocenters. The molecule has 1 aromatic carbocycles. The van der Waals surface area contributed by atoms with Gasteiger partial charge in [-0.2, -0.15) is 4.99 Å². The predicted octanol–water partition coefficient (Wildman–Crippen LogP) is 2.86. The van der Waals surface area contributed by atoms with Gasteiger partial charge in [0.1, 0.15) is 6.61 Å². The van der Waals surface area contributed by atoms with Crippen molar-refractivity contribution >= 4 is 46.4 Å². The third-order valence-electron chi connectivity index (χ3n) is 2.83. The molecule has 0 unspecified atom stereocenters. The summed E-state index contributed by atoms with van der Waals surface area (Å²) in [5.41, 5.74) is 0.636. The Hall–Kier alpha value is -2.43. The average molecular weight is 379 g/mol. The zero-order valence-electron chi connectivity index (χ0n) is 13.6. The Morgan fingerprint density at radius 1 is 1.48 bits per heavy atom. The predicted molar refractivity (Wildman–Crippen MR) is 98.8 cm³/mol. The van der Waals surface area contributed by atoms with Crippen LogP contribution in [0.2, 0.25) is 5.02 Å². The summed E-state index contributed by atoms with van der Waals surface area (Å²) in [6.07, 6.45) is 6.82. The molecule has 1 heterocycles. The van der Waals surface area contributed by atoms with E-state index in [-0.39, 0.29) is 17.7 Å². The van der Waals surface area contributed by atoms with Crippen LogP contribution in [0.25, 0.3) is 6.08 Å². The van der Waals surface area contributed by atoms with Gasteiger partial charge in [-0.1, -0.05) is 17.5 Å². The number of rotatable bonds is 5. The smallest absolute Gasteiger partial charge is 0.286 e. The van der Waals surface area contributed by atoms with E-state index in [0.717, 1.165) is 11.8 Å². The maximum absolute atomic E-state index is 11.9. The summed E-state index contributed by atoms with van der Waals surface area (Å²) >= 11 is 7.32. The van der Waals surface area contributed by atoms with Crippen LogP contribution in [-0.4, -0.2) is 30.2 Å². The summed E-state index contributed by atoms with van der Waals surface area (Å²) in [5, 5.41) is 3.04. The van der Waals surface area contributed by atoms with Gasteiger partial charge < -0.3 is 14.8 Å². The Kier molecular flexibility index (Phi) is 6.51. The molecule has 0 saturated carbocycles. The maximum Gasteiger partial charge on any atom is 0.286 e. The number of hydrogen-bond acceptors (Lipinski definition) is 5. The number of carbonyl (C=O) groups is 2. The van der Waals surface area contributed by atoms with Gasteiger partial charge in [-0.25, -0.2) is 0 Å². The lowest BCUT2D eigenvalue weighted by atomic mass is 10.2. The van der Waals surface area contributed by atoms with Crippen molar-refractivity contribution in [1.82, 2.24) is 5.32 Å². The molecule has 1 N–H and O–H groups in total. The second-order valence-corrected chi connectivity index (χ2v) is 6.21. The van der Waals surface area contributed by atoms with Crippen molar-refractivity contribution < 1.29 is 19.1 Å². The van der Waals surface area contributed by atoms with Crippen molar-refractivity contribution in [3.63, 3.8) is 0 Å². The van der Waals surface area contributed by atoms with Crippen molar-refractivity contribution in [3.05, 3.63) is 27.6 Å². The topological polar surface area (TPSA) is 77.0 Å². The van der Waals surface area contributed by atoms with E-state index in [1.807, 2.05) is 6.92 Å². The second-order valence-electron chi connectivity index (χ2n) is 4.77. The first-order chi connectivity index (χ1) is 11.9. The minimum atomic E-state index is -0.435. The molecule has 2 amide bonds. The standard InChI is InChI=1S/C17H15ClN2O4S/c1-4-6-24-15-12(18)7-11(8-13(15)23-5-2)9-14-16(22)20-17(25-14)19-10(3)21/h1,7-9H,5-6H2,2-3H3,(H,19,20,21,22)/b14-9+. The Labute approximate surface area is 154 Å². The lowest BCUT2D eigenvalue weighted by Gasteiger charge is -2.13. The van der Waals surface area contributed by atoms with Crippen LogP contribution < -0.4 is 14.8 Å². The van der Waals surface area contributed by atoms with Gasteiger partial charge in [0.2, 0.25) is 5.91 Å². The minimum absolute atomic E-state index is 0.0580. The number of amides is 2. The summed E-state index contributed by atoms with van der Waals surface area (Å²) in [6.45, 7) is 3.64. The molecule has 1 aliphatic heterocycles. The third-order valence-corrected chi connectivity index (χ3v) is 4.01. The van der Waals surface area contributed by atoms with Crippen LogP contribution in [0, 0.1) is 12.3 Å². The monoisotopic (exact) mass is 378 g/mol. The Balaban J connectivity index is 2.30. The van der Waals surface area contributed by atoms with Gasteiger partial charge in [0, 0.05) is 6.92 Å². The molecule has 0 spiro atoms. The van der Waals surface area contributed by atoms with Crippen LogP contribution in [0.3, 0.4) is 0 Å². The number of benzene rings is 1. The quantitative estimate of drug-likeness (QED) is 0.629. The van der Waals surface area contributed by atoms with Gasteiger partial charge in [0.05, 0.1) is 16.5 Å². The number of halogens is 1. The molecule has 2 rings (SSSR count). The van der Waals surface area contributed by atoms with Gasteiger partial charge >= 0.3 is 0 Å². The van der Waals surface area contributed by atoms with Crippen molar-refractivity contribution in [2.45, 2.75) is 13.8 Å². The van der Waals surface area contributed by atoms with Crippen LogP contribution >= 0.6 is 23.4 Å². The maximum atomic E-state index is 11.9. The van der Waals surface area contributed by atoms with Crippen LogP contribution in [0.1, 0.15) is 19.4 Å². The van der Waals surface area contributed by atoms with E-state index in [1.54, 1.807) is 18.2 Å². The second kappa shape index (κ2) is 8.60. The molecule has 8 heteroatoms.